The van der Waals surface area contributed by atoms with E-state index in [9.17, 15) is 19.2 Å². The number of nitrogens with zero attached hydrogens (tertiary/aromatic N) is 3. The van der Waals surface area contributed by atoms with E-state index in [0.717, 1.165) is 24.0 Å². The first-order chi connectivity index (χ1) is 24.1. The molecule has 50 heavy (non-hydrogen) atoms. The van der Waals surface area contributed by atoms with Crippen molar-refractivity contribution in [3.63, 3.8) is 0 Å². The predicted octanol–water partition coefficient (Wildman–Crippen LogP) is 4.15. The molecule has 11 nitrogen and oxygen atoms in total. The van der Waals surface area contributed by atoms with E-state index in [1.807, 2.05) is 57.2 Å². The molecule has 2 saturated heterocycles. The Morgan fingerprint density at radius 3 is 2.28 bits per heavy atom. The molecular formula is C39H49N5O6. The summed E-state index contributed by atoms with van der Waals surface area (Å²) in [6.07, 6.45) is 4.38. The third kappa shape index (κ3) is 8.61. The Hall–Kier alpha value is -4.93. The van der Waals surface area contributed by atoms with Gasteiger partial charge in [-0.25, -0.2) is 0 Å². The number of likely N-dealkylation sites (tertiary alicyclic amines) is 2. The number of amides is 4. The number of nitrogens with one attached hydrogen (secondary N) is 2. The number of rotatable bonds is 13. The molecule has 11 heteroatoms. The first-order valence-corrected chi connectivity index (χ1v) is 17.6. The largest absolute Gasteiger partial charge is 0.493 e. The molecule has 4 atom stereocenters. The number of carbonyl (C=O) groups excluding carboxylic acids is 4. The number of carbonyl (C=O) groups is 4. The number of likely N-dealkylation sites (N-methyl/N-ethyl adjacent to an activating group) is 1. The van der Waals surface area contributed by atoms with Crippen LogP contribution in [-0.4, -0.2) is 90.9 Å². The van der Waals surface area contributed by atoms with Gasteiger partial charge in [-0.15, -0.1) is 0 Å². The molecule has 2 aliphatic heterocycles. The molecule has 2 aliphatic rings. The minimum atomic E-state index is -0.734. The van der Waals surface area contributed by atoms with Crippen LogP contribution in [0.5, 0.6) is 11.5 Å². The summed E-state index contributed by atoms with van der Waals surface area (Å²) in [4.78, 5) is 62.7. The average molecular weight is 684 g/mol. The maximum Gasteiger partial charge on any atom is 0.272 e. The van der Waals surface area contributed by atoms with Crippen LogP contribution in [0.3, 0.4) is 0 Å². The Morgan fingerprint density at radius 2 is 1.64 bits per heavy atom. The molecule has 5 rings (SSSR count). The minimum absolute atomic E-state index is 0.0625. The van der Waals surface area contributed by atoms with Gasteiger partial charge >= 0.3 is 0 Å². The summed E-state index contributed by atoms with van der Waals surface area (Å²) in [7, 11) is 3.10. The van der Waals surface area contributed by atoms with Crippen LogP contribution in [-0.2, 0) is 22.4 Å². The highest BCUT2D eigenvalue weighted by Gasteiger charge is 2.48. The molecule has 0 bridgehead atoms. The van der Waals surface area contributed by atoms with Crippen LogP contribution in [0.25, 0.3) is 0 Å². The zero-order chi connectivity index (χ0) is 35.8. The lowest BCUT2D eigenvalue weighted by atomic mass is 9.79. The fraction of sp³-hybridized carbons (Fsp3) is 0.462. The number of fused-ring (bicyclic) bond motifs is 1. The topological polar surface area (TPSA) is 130 Å². The molecule has 266 valence electrons. The highest BCUT2D eigenvalue weighted by Crippen LogP contribution is 2.37. The van der Waals surface area contributed by atoms with Crippen LogP contribution < -0.4 is 20.1 Å². The Labute approximate surface area is 294 Å². The van der Waals surface area contributed by atoms with E-state index in [0.29, 0.717) is 55.2 Å². The highest BCUT2D eigenvalue weighted by molar-refractivity contribution is 5.96. The number of hydrogen-bond acceptors (Lipinski definition) is 7. The zero-order valence-corrected chi connectivity index (χ0v) is 29.7. The number of ether oxygens (including phenoxy) is 2. The number of aromatic nitrogens is 1. The molecular weight excluding hydrogens is 634 g/mol. The third-order valence-electron chi connectivity index (χ3n) is 9.70. The van der Waals surface area contributed by atoms with Crippen LogP contribution in [0.15, 0.2) is 66.9 Å². The van der Waals surface area contributed by atoms with Gasteiger partial charge in [-0.1, -0.05) is 43.3 Å². The summed E-state index contributed by atoms with van der Waals surface area (Å²) in [6.45, 7) is 7.13. The summed E-state index contributed by atoms with van der Waals surface area (Å²) >= 11 is 0. The number of piperidine rings is 1. The van der Waals surface area contributed by atoms with Crippen LogP contribution in [0.2, 0.25) is 0 Å². The van der Waals surface area contributed by atoms with Crippen molar-refractivity contribution in [1.29, 1.82) is 0 Å². The van der Waals surface area contributed by atoms with Crippen LogP contribution in [0.4, 0.5) is 0 Å². The smallest absolute Gasteiger partial charge is 0.272 e. The molecule has 0 saturated carbocycles. The van der Waals surface area contributed by atoms with Gasteiger partial charge in [-0.3, -0.25) is 24.2 Å². The maximum atomic E-state index is 14.2. The number of methoxy groups -OCH3 is 1. The zero-order valence-electron chi connectivity index (χ0n) is 29.7. The van der Waals surface area contributed by atoms with E-state index < -0.39 is 12.0 Å². The van der Waals surface area contributed by atoms with Gasteiger partial charge in [0.05, 0.1) is 19.1 Å². The van der Waals surface area contributed by atoms with E-state index >= 15 is 0 Å². The van der Waals surface area contributed by atoms with Gasteiger partial charge in [0, 0.05) is 45.0 Å². The van der Waals surface area contributed by atoms with Crippen molar-refractivity contribution in [2.75, 3.05) is 40.3 Å². The SMILES string of the molecule is CCc1ccc(C(=O)N2CC3CN(C(=O)c4ccc(OC(C)C)c(OC)c4)CC3C(C(=O)N[C@@H](CCCc3ccccc3)C(=O)NC)C2)nc1. The number of aryl methyl sites for hydroxylation is 2. The standard InChI is InChI=1S/C39H49N5O6/c1-6-26-15-17-33(41-20-26)39(48)44-22-29-21-43(38(47)28-16-18-34(50-25(2)3)35(19-28)49-5)23-30(29)31(24-44)36(45)42-32(37(46)40-4)14-10-13-27-11-8-7-9-12-27/h7-9,11-12,15-20,25,29-32H,6,10,13-14,21-24H2,1-5H3,(H,40,46)(H,42,45)/t29?,30?,31?,32-/m0/s1. The molecule has 2 aromatic carbocycles. The fourth-order valence-electron chi connectivity index (χ4n) is 7.02. The van der Waals surface area contributed by atoms with Crippen LogP contribution in [0.1, 0.15) is 65.6 Å². The molecule has 2 fully saturated rings. The summed E-state index contributed by atoms with van der Waals surface area (Å²) in [6, 6.07) is 18.0. The van der Waals surface area contributed by atoms with Gasteiger partial charge < -0.3 is 29.9 Å². The molecule has 0 spiro atoms. The summed E-state index contributed by atoms with van der Waals surface area (Å²) in [5.74, 6) is -0.998. The molecule has 0 radical (unpaired) electrons. The summed E-state index contributed by atoms with van der Waals surface area (Å²) in [5, 5.41) is 5.72. The minimum Gasteiger partial charge on any atom is -0.493 e. The monoisotopic (exact) mass is 683 g/mol. The van der Waals surface area contributed by atoms with Gasteiger partial charge in [-0.05, 0) is 86.8 Å². The molecule has 3 unspecified atom stereocenters. The van der Waals surface area contributed by atoms with Crippen molar-refractivity contribution in [3.8, 4) is 11.5 Å². The van der Waals surface area contributed by atoms with E-state index in [4.69, 9.17) is 9.47 Å². The lowest BCUT2D eigenvalue weighted by Crippen LogP contribution is -2.56. The van der Waals surface area contributed by atoms with Gasteiger partial charge in [-0.2, -0.15) is 0 Å². The van der Waals surface area contributed by atoms with Crippen molar-refractivity contribution in [3.05, 3.63) is 89.2 Å². The maximum absolute atomic E-state index is 14.2. The average Bonchev–Trinajstić information content (AvgIpc) is 3.58. The first kappa shape index (κ1) is 36.4. The van der Waals surface area contributed by atoms with Crippen molar-refractivity contribution in [2.45, 2.75) is 58.6 Å². The van der Waals surface area contributed by atoms with E-state index in [2.05, 4.69) is 15.6 Å². The predicted molar refractivity (Wildman–Crippen MR) is 190 cm³/mol. The molecule has 1 aromatic heterocycles. The number of hydrogen-bond donors (Lipinski definition) is 2. The Bertz CT molecular complexity index is 1650. The molecule has 3 aromatic rings. The molecule has 2 N–H and O–H groups in total. The van der Waals surface area contributed by atoms with Gasteiger partial charge in [0.1, 0.15) is 11.7 Å². The van der Waals surface area contributed by atoms with Gasteiger partial charge in [0.25, 0.3) is 11.8 Å². The Kier molecular flexibility index (Phi) is 12.1. The summed E-state index contributed by atoms with van der Waals surface area (Å²) < 4.78 is 11.4. The van der Waals surface area contributed by atoms with E-state index in [1.54, 1.807) is 47.3 Å². The van der Waals surface area contributed by atoms with E-state index in [1.165, 1.54) is 7.11 Å². The Morgan fingerprint density at radius 1 is 0.900 bits per heavy atom. The van der Waals surface area contributed by atoms with Crippen molar-refractivity contribution < 1.29 is 28.7 Å². The third-order valence-corrected chi connectivity index (χ3v) is 9.70. The lowest BCUT2D eigenvalue weighted by Gasteiger charge is -2.39. The van der Waals surface area contributed by atoms with Gasteiger partial charge in [0.15, 0.2) is 11.5 Å². The molecule has 3 heterocycles. The molecule has 4 amide bonds. The Balaban J connectivity index is 1.36. The fourth-order valence-corrected chi connectivity index (χ4v) is 7.02. The first-order valence-electron chi connectivity index (χ1n) is 17.6. The van der Waals surface area contributed by atoms with Crippen LogP contribution in [0, 0.1) is 17.8 Å². The van der Waals surface area contributed by atoms with E-state index in [-0.39, 0.29) is 48.1 Å². The molecule has 0 aliphatic carbocycles. The summed E-state index contributed by atoms with van der Waals surface area (Å²) in [5.41, 5.74) is 2.94. The second-order valence-corrected chi connectivity index (χ2v) is 13.4. The number of pyridine rings is 1. The van der Waals surface area contributed by atoms with Crippen molar-refractivity contribution in [2.24, 2.45) is 17.8 Å². The quantitative estimate of drug-likeness (QED) is 0.277. The normalized spacial score (nSPS) is 19.0. The second kappa shape index (κ2) is 16.7. The second-order valence-electron chi connectivity index (χ2n) is 13.4. The highest BCUT2D eigenvalue weighted by atomic mass is 16.5. The van der Waals surface area contributed by atoms with Crippen LogP contribution >= 0.6 is 0 Å². The van der Waals surface area contributed by atoms with Crippen molar-refractivity contribution >= 4 is 23.6 Å². The lowest BCUT2D eigenvalue weighted by molar-refractivity contribution is -0.133. The van der Waals surface area contributed by atoms with Crippen molar-refractivity contribution in [1.82, 2.24) is 25.4 Å². The van der Waals surface area contributed by atoms with Gasteiger partial charge in [0.2, 0.25) is 11.8 Å². The number of benzene rings is 2.